The predicted molar refractivity (Wildman–Crippen MR) is 128 cm³/mol. The van der Waals surface area contributed by atoms with E-state index in [0.717, 1.165) is 21.5 Å². The maximum absolute atomic E-state index is 12.6. The minimum atomic E-state index is -0.262. The Labute approximate surface area is 196 Å². The van der Waals surface area contributed by atoms with E-state index in [4.69, 9.17) is 16.3 Å². The van der Waals surface area contributed by atoms with Crippen LogP contribution in [0.3, 0.4) is 0 Å². The minimum absolute atomic E-state index is 0.0829. The van der Waals surface area contributed by atoms with E-state index in [1.54, 1.807) is 16.7 Å². The summed E-state index contributed by atoms with van der Waals surface area (Å²) in [6.07, 6.45) is 3.15. The quantitative estimate of drug-likeness (QED) is 0.299. The molecule has 4 rings (SSSR count). The van der Waals surface area contributed by atoms with Crippen LogP contribution in [0.25, 0.3) is 10.9 Å². The summed E-state index contributed by atoms with van der Waals surface area (Å²) in [6, 6.07) is 17.1. The minimum Gasteiger partial charge on any atom is -0.460 e. The van der Waals surface area contributed by atoms with Crippen molar-refractivity contribution in [3.63, 3.8) is 0 Å². The van der Waals surface area contributed by atoms with E-state index in [2.05, 4.69) is 10.3 Å². The summed E-state index contributed by atoms with van der Waals surface area (Å²) in [4.78, 5) is 32.3. The molecule has 1 aromatic heterocycles. The van der Waals surface area contributed by atoms with E-state index in [0.29, 0.717) is 36.6 Å². The van der Waals surface area contributed by atoms with Crippen LogP contribution in [0.4, 0.5) is 10.5 Å². The van der Waals surface area contributed by atoms with Gasteiger partial charge in [-0.05, 0) is 49.4 Å². The lowest BCUT2D eigenvalue weighted by Gasteiger charge is -2.31. The van der Waals surface area contributed by atoms with Crippen LogP contribution in [0.1, 0.15) is 18.4 Å². The van der Waals surface area contributed by atoms with Crippen LogP contribution < -0.4 is 5.32 Å². The van der Waals surface area contributed by atoms with Gasteiger partial charge in [0, 0.05) is 34.6 Å². The number of carbonyl (C=O) groups excluding carboxylic acids is 2. The molecule has 0 atom stereocenters. The summed E-state index contributed by atoms with van der Waals surface area (Å²) in [5, 5.41) is 4.18. The van der Waals surface area contributed by atoms with Crippen LogP contribution in [0.2, 0.25) is 5.15 Å². The van der Waals surface area contributed by atoms with Crippen LogP contribution in [-0.4, -0.2) is 41.2 Å². The van der Waals surface area contributed by atoms with Crippen molar-refractivity contribution in [2.24, 2.45) is 5.92 Å². The molecule has 0 radical (unpaired) electrons. The summed E-state index contributed by atoms with van der Waals surface area (Å²) in [5.41, 5.74) is 2.26. The normalized spacial score (nSPS) is 14.4. The number of esters is 1. The summed E-state index contributed by atoms with van der Waals surface area (Å²) in [7, 11) is 0. The number of rotatable bonds is 5. The number of thioether (sulfide) groups is 1. The lowest BCUT2D eigenvalue weighted by molar-refractivity contribution is -0.151. The third-order valence-corrected chi connectivity index (χ3v) is 6.61. The van der Waals surface area contributed by atoms with Crippen molar-refractivity contribution in [1.29, 1.82) is 0 Å². The fraction of sp³-hybridized carbons (Fsp3) is 0.292. The van der Waals surface area contributed by atoms with E-state index in [9.17, 15) is 9.59 Å². The standard InChI is InChI=1S/C24H24ClN3O3S/c1-32-20-8-7-17-13-18(22(25)27-21(17)14-20)15-31-23(29)16-9-11-28(12-10-16)24(30)26-19-5-3-2-4-6-19/h2-8,13-14,16H,9-12,15H2,1H3,(H,26,30). The Kier molecular flexibility index (Phi) is 7.17. The van der Waals surface area contributed by atoms with Crippen LogP contribution in [-0.2, 0) is 16.1 Å². The number of para-hydroxylation sites is 1. The highest BCUT2D eigenvalue weighted by molar-refractivity contribution is 7.98. The van der Waals surface area contributed by atoms with Crippen molar-refractivity contribution in [3.8, 4) is 0 Å². The van der Waals surface area contributed by atoms with E-state index >= 15 is 0 Å². The Morgan fingerprint density at radius 3 is 2.62 bits per heavy atom. The van der Waals surface area contributed by atoms with Crippen molar-refractivity contribution in [1.82, 2.24) is 9.88 Å². The molecule has 2 amide bonds. The molecule has 0 bridgehead atoms. The molecule has 1 saturated heterocycles. The van der Waals surface area contributed by atoms with Gasteiger partial charge >= 0.3 is 12.0 Å². The third-order valence-electron chi connectivity index (χ3n) is 5.56. The molecule has 0 unspecified atom stereocenters. The number of hydrogen-bond acceptors (Lipinski definition) is 5. The zero-order valence-electron chi connectivity index (χ0n) is 17.7. The smallest absolute Gasteiger partial charge is 0.321 e. The van der Waals surface area contributed by atoms with Gasteiger partial charge in [-0.2, -0.15) is 0 Å². The highest BCUT2D eigenvalue weighted by Crippen LogP contribution is 2.26. The van der Waals surface area contributed by atoms with E-state index in [1.165, 1.54) is 0 Å². The van der Waals surface area contributed by atoms with Gasteiger partial charge in [0.2, 0.25) is 0 Å². The van der Waals surface area contributed by atoms with Crippen LogP contribution in [0.15, 0.2) is 59.5 Å². The number of anilines is 1. The third kappa shape index (κ3) is 5.34. The fourth-order valence-electron chi connectivity index (χ4n) is 3.70. The molecule has 1 fully saturated rings. The van der Waals surface area contributed by atoms with Crippen LogP contribution in [0.5, 0.6) is 0 Å². The molecule has 0 saturated carbocycles. The molecule has 1 N–H and O–H groups in total. The number of aromatic nitrogens is 1. The first-order chi connectivity index (χ1) is 15.5. The zero-order chi connectivity index (χ0) is 22.5. The number of urea groups is 1. The number of nitrogens with zero attached hydrogens (tertiary/aromatic N) is 2. The maximum Gasteiger partial charge on any atom is 0.321 e. The number of ether oxygens (including phenoxy) is 1. The van der Waals surface area contributed by atoms with Gasteiger partial charge in [0.1, 0.15) is 11.8 Å². The van der Waals surface area contributed by atoms with Crippen molar-refractivity contribution >= 4 is 52.0 Å². The number of amides is 2. The van der Waals surface area contributed by atoms with Gasteiger partial charge in [0.25, 0.3) is 0 Å². The number of piperidine rings is 1. The zero-order valence-corrected chi connectivity index (χ0v) is 19.3. The fourth-order valence-corrected chi connectivity index (χ4v) is 4.34. The molecule has 8 heteroatoms. The summed E-state index contributed by atoms with van der Waals surface area (Å²) < 4.78 is 5.55. The average Bonchev–Trinajstić information content (AvgIpc) is 2.83. The Morgan fingerprint density at radius 2 is 1.91 bits per heavy atom. The largest absolute Gasteiger partial charge is 0.460 e. The summed E-state index contributed by atoms with van der Waals surface area (Å²) >= 11 is 7.97. The number of carbonyl (C=O) groups is 2. The highest BCUT2D eigenvalue weighted by Gasteiger charge is 2.28. The lowest BCUT2D eigenvalue weighted by Crippen LogP contribution is -2.42. The van der Waals surface area contributed by atoms with E-state index in [-0.39, 0.29) is 24.5 Å². The Morgan fingerprint density at radius 1 is 1.16 bits per heavy atom. The van der Waals surface area contributed by atoms with Crippen molar-refractivity contribution in [3.05, 3.63) is 65.3 Å². The van der Waals surface area contributed by atoms with Gasteiger partial charge in [0.15, 0.2) is 0 Å². The van der Waals surface area contributed by atoms with Crippen molar-refractivity contribution in [2.75, 3.05) is 24.7 Å². The molecule has 0 aliphatic carbocycles. The molecule has 0 spiro atoms. The first-order valence-corrected chi connectivity index (χ1v) is 12.0. The van der Waals surface area contributed by atoms with E-state index < -0.39 is 0 Å². The maximum atomic E-state index is 12.6. The molecule has 32 heavy (non-hydrogen) atoms. The second-order valence-electron chi connectivity index (χ2n) is 7.66. The Hall–Kier alpha value is -2.77. The highest BCUT2D eigenvalue weighted by atomic mass is 35.5. The predicted octanol–water partition coefficient (Wildman–Crippen LogP) is 5.60. The number of fused-ring (bicyclic) bond motifs is 1. The molecular formula is C24H24ClN3O3S. The van der Waals surface area contributed by atoms with Gasteiger partial charge < -0.3 is 15.0 Å². The number of nitrogens with one attached hydrogen (secondary N) is 1. The molecule has 2 aromatic carbocycles. The topological polar surface area (TPSA) is 71.5 Å². The Bertz CT molecular complexity index is 1120. The number of pyridine rings is 1. The number of likely N-dealkylation sites (tertiary alicyclic amines) is 1. The average molecular weight is 470 g/mol. The molecule has 1 aliphatic heterocycles. The van der Waals surface area contributed by atoms with Gasteiger partial charge in [-0.3, -0.25) is 4.79 Å². The molecule has 3 aromatic rings. The molecule has 6 nitrogen and oxygen atoms in total. The first kappa shape index (κ1) is 22.4. The number of hydrogen-bond donors (Lipinski definition) is 1. The summed E-state index contributed by atoms with van der Waals surface area (Å²) in [6.45, 7) is 1.10. The summed E-state index contributed by atoms with van der Waals surface area (Å²) in [5.74, 6) is -0.492. The van der Waals surface area contributed by atoms with Crippen LogP contribution >= 0.6 is 23.4 Å². The second kappa shape index (κ2) is 10.2. The van der Waals surface area contributed by atoms with Gasteiger partial charge in [-0.25, -0.2) is 9.78 Å². The van der Waals surface area contributed by atoms with E-state index in [1.807, 2.05) is 60.9 Å². The van der Waals surface area contributed by atoms with Crippen molar-refractivity contribution < 1.29 is 14.3 Å². The Balaban J connectivity index is 1.29. The van der Waals surface area contributed by atoms with Gasteiger partial charge in [-0.15, -0.1) is 11.8 Å². The van der Waals surface area contributed by atoms with Gasteiger partial charge in [-0.1, -0.05) is 35.9 Å². The molecule has 1 aliphatic rings. The molecular weight excluding hydrogens is 446 g/mol. The first-order valence-electron chi connectivity index (χ1n) is 10.4. The van der Waals surface area contributed by atoms with Crippen molar-refractivity contribution in [2.45, 2.75) is 24.3 Å². The molecule has 2 heterocycles. The van der Waals surface area contributed by atoms with Gasteiger partial charge in [0.05, 0.1) is 11.4 Å². The SMILES string of the molecule is CSc1ccc2cc(COC(=O)C3CCN(C(=O)Nc4ccccc4)CC3)c(Cl)nc2c1. The van der Waals surface area contributed by atoms with Crippen LogP contribution in [0, 0.1) is 5.92 Å². The lowest BCUT2D eigenvalue weighted by atomic mass is 9.97. The second-order valence-corrected chi connectivity index (χ2v) is 8.90. The number of halogens is 1. The number of benzene rings is 2. The molecule has 166 valence electrons. The monoisotopic (exact) mass is 469 g/mol.